The second-order valence-electron chi connectivity index (χ2n) is 7.20. The maximum absolute atomic E-state index is 12.4. The van der Waals surface area contributed by atoms with E-state index in [1.807, 2.05) is 59.5 Å². The zero-order valence-electron chi connectivity index (χ0n) is 18.0. The van der Waals surface area contributed by atoms with Gasteiger partial charge in [0.15, 0.2) is 0 Å². The van der Waals surface area contributed by atoms with Crippen LogP contribution in [0.4, 0.5) is 5.69 Å². The van der Waals surface area contributed by atoms with Crippen LogP contribution in [0, 0.1) is 11.3 Å². The Balaban J connectivity index is 1.50. The number of piperazine rings is 1. The first kappa shape index (κ1) is 22.0. The predicted molar refractivity (Wildman–Crippen MR) is 120 cm³/mol. The third kappa shape index (κ3) is 5.92. The summed E-state index contributed by atoms with van der Waals surface area (Å²) in [5, 5.41) is 12.3. The minimum atomic E-state index is -0.344. The number of methoxy groups -OCH3 is 2. The van der Waals surface area contributed by atoms with E-state index < -0.39 is 0 Å². The van der Waals surface area contributed by atoms with E-state index in [9.17, 15) is 10.1 Å². The molecule has 3 rings (SSSR count). The highest BCUT2D eigenvalue weighted by Crippen LogP contribution is 2.28. The van der Waals surface area contributed by atoms with E-state index in [0.29, 0.717) is 13.0 Å². The number of rotatable bonds is 8. The van der Waals surface area contributed by atoms with Crippen LogP contribution >= 0.6 is 0 Å². The van der Waals surface area contributed by atoms with Gasteiger partial charge in [0, 0.05) is 38.9 Å². The topological polar surface area (TPSA) is 77.8 Å². The molecule has 1 N–H and O–H groups in total. The fourth-order valence-electron chi connectivity index (χ4n) is 3.51. The minimum absolute atomic E-state index is 0.125. The zero-order chi connectivity index (χ0) is 22.1. The first-order valence-electron chi connectivity index (χ1n) is 10.3. The van der Waals surface area contributed by atoms with Crippen molar-refractivity contribution >= 4 is 11.6 Å². The third-order valence-electron chi connectivity index (χ3n) is 5.28. The van der Waals surface area contributed by atoms with Gasteiger partial charge in [0.25, 0.3) is 5.91 Å². The van der Waals surface area contributed by atoms with E-state index in [-0.39, 0.29) is 11.5 Å². The molecule has 0 radical (unpaired) electrons. The summed E-state index contributed by atoms with van der Waals surface area (Å²) in [6.07, 6.45) is 2.36. The lowest BCUT2D eigenvalue weighted by Crippen LogP contribution is -2.44. The lowest BCUT2D eigenvalue weighted by atomic mass is 10.1. The van der Waals surface area contributed by atoms with Gasteiger partial charge in [-0.05, 0) is 36.2 Å². The Morgan fingerprint density at radius 2 is 1.77 bits per heavy atom. The SMILES string of the molecule is COc1ccc(CCNC(=O)/C(C#N)=C\N2CCN(c3ccccc3OC)CC2)cc1. The highest BCUT2D eigenvalue weighted by Gasteiger charge is 2.19. The number of hydrogen-bond donors (Lipinski definition) is 1. The molecular weight excluding hydrogens is 392 g/mol. The van der Waals surface area contributed by atoms with Crippen LogP contribution in [-0.2, 0) is 11.2 Å². The Kier molecular flexibility index (Phi) is 7.77. The van der Waals surface area contributed by atoms with Gasteiger partial charge in [-0.3, -0.25) is 4.79 Å². The number of anilines is 1. The first-order chi connectivity index (χ1) is 15.1. The van der Waals surface area contributed by atoms with E-state index in [1.165, 1.54) is 0 Å². The number of carbonyl (C=O) groups is 1. The summed E-state index contributed by atoms with van der Waals surface area (Å²) < 4.78 is 10.6. The smallest absolute Gasteiger partial charge is 0.263 e. The molecule has 2 aromatic rings. The average molecular weight is 421 g/mol. The number of nitrogens with one attached hydrogen (secondary N) is 1. The molecule has 7 heteroatoms. The van der Waals surface area contributed by atoms with E-state index >= 15 is 0 Å². The van der Waals surface area contributed by atoms with E-state index in [4.69, 9.17) is 9.47 Å². The van der Waals surface area contributed by atoms with Crippen molar-refractivity contribution in [1.29, 1.82) is 5.26 Å². The number of amides is 1. The van der Waals surface area contributed by atoms with Crippen molar-refractivity contribution in [1.82, 2.24) is 10.2 Å². The third-order valence-corrected chi connectivity index (χ3v) is 5.28. The summed E-state index contributed by atoms with van der Waals surface area (Å²) in [6, 6.07) is 17.7. The predicted octanol–water partition coefficient (Wildman–Crippen LogP) is 2.59. The minimum Gasteiger partial charge on any atom is -0.497 e. The molecule has 0 saturated carbocycles. The highest BCUT2D eigenvalue weighted by molar-refractivity contribution is 5.97. The number of para-hydroxylation sites is 2. The van der Waals surface area contributed by atoms with Crippen LogP contribution in [0.3, 0.4) is 0 Å². The summed E-state index contributed by atoms with van der Waals surface area (Å²) in [5.74, 6) is 1.30. The van der Waals surface area contributed by atoms with Crippen molar-refractivity contribution in [3.63, 3.8) is 0 Å². The highest BCUT2D eigenvalue weighted by atomic mass is 16.5. The van der Waals surface area contributed by atoms with Crippen molar-refractivity contribution in [2.45, 2.75) is 6.42 Å². The van der Waals surface area contributed by atoms with Crippen molar-refractivity contribution < 1.29 is 14.3 Å². The maximum Gasteiger partial charge on any atom is 0.263 e. The average Bonchev–Trinajstić information content (AvgIpc) is 2.83. The molecule has 1 heterocycles. The Morgan fingerprint density at radius 1 is 1.06 bits per heavy atom. The quantitative estimate of drug-likeness (QED) is 0.523. The summed E-state index contributed by atoms with van der Waals surface area (Å²) in [6.45, 7) is 3.49. The van der Waals surface area contributed by atoms with Gasteiger partial charge in [0.2, 0.25) is 0 Å². The lowest BCUT2D eigenvalue weighted by molar-refractivity contribution is -0.117. The largest absolute Gasteiger partial charge is 0.497 e. The van der Waals surface area contributed by atoms with Crippen LogP contribution < -0.4 is 19.7 Å². The molecule has 0 unspecified atom stereocenters. The summed E-state index contributed by atoms with van der Waals surface area (Å²) in [5.41, 5.74) is 2.28. The number of carbonyl (C=O) groups excluding carboxylic acids is 1. The molecule has 1 fully saturated rings. The molecule has 1 aliphatic rings. The number of nitriles is 1. The molecule has 0 aliphatic carbocycles. The van der Waals surface area contributed by atoms with Gasteiger partial charge in [0.1, 0.15) is 23.1 Å². The van der Waals surface area contributed by atoms with Gasteiger partial charge < -0.3 is 24.6 Å². The van der Waals surface area contributed by atoms with Gasteiger partial charge >= 0.3 is 0 Å². The second kappa shape index (κ2) is 10.9. The Morgan fingerprint density at radius 3 is 2.42 bits per heavy atom. The van der Waals surface area contributed by atoms with Crippen LogP contribution in [0.5, 0.6) is 11.5 Å². The molecule has 2 aromatic carbocycles. The molecule has 0 bridgehead atoms. The van der Waals surface area contributed by atoms with Gasteiger partial charge in [-0.25, -0.2) is 0 Å². The summed E-state index contributed by atoms with van der Waals surface area (Å²) >= 11 is 0. The fourth-order valence-corrected chi connectivity index (χ4v) is 3.51. The zero-order valence-corrected chi connectivity index (χ0v) is 18.0. The molecule has 0 spiro atoms. The molecule has 1 aliphatic heterocycles. The Bertz CT molecular complexity index is 942. The molecular formula is C24H28N4O3. The maximum atomic E-state index is 12.4. The number of hydrogen-bond acceptors (Lipinski definition) is 6. The van der Waals surface area contributed by atoms with Gasteiger partial charge in [-0.15, -0.1) is 0 Å². The van der Waals surface area contributed by atoms with E-state index in [2.05, 4.69) is 10.2 Å². The standard InChI is InChI=1S/C24H28N4O3/c1-30-21-9-7-19(8-10-21)11-12-26-24(29)20(17-25)18-27-13-15-28(16-14-27)22-5-3-4-6-23(22)31-2/h3-10,18H,11-16H2,1-2H3,(H,26,29)/b20-18-. The number of ether oxygens (including phenoxy) is 2. The van der Waals surface area contributed by atoms with Crippen LogP contribution in [0.2, 0.25) is 0 Å². The fraction of sp³-hybridized carbons (Fsp3) is 0.333. The van der Waals surface area contributed by atoms with Crippen LogP contribution in [0.15, 0.2) is 60.3 Å². The number of benzene rings is 2. The van der Waals surface area contributed by atoms with Gasteiger partial charge in [-0.2, -0.15) is 5.26 Å². The molecule has 0 aromatic heterocycles. The second-order valence-corrected chi connectivity index (χ2v) is 7.20. The van der Waals surface area contributed by atoms with E-state index in [1.54, 1.807) is 20.4 Å². The lowest BCUT2D eigenvalue weighted by Gasteiger charge is -2.36. The molecule has 0 atom stereocenters. The van der Waals surface area contributed by atoms with Crippen molar-refractivity contribution in [3.05, 3.63) is 65.9 Å². The Labute approximate surface area is 183 Å². The van der Waals surface area contributed by atoms with Crippen LogP contribution in [0.25, 0.3) is 0 Å². The summed E-state index contributed by atoms with van der Waals surface area (Å²) in [4.78, 5) is 16.7. The molecule has 1 saturated heterocycles. The normalized spacial score (nSPS) is 14.0. The van der Waals surface area contributed by atoms with Crippen molar-refractivity contribution in [3.8, 4) is 17.6 Å². The van der Waals surface area contributed by atoms with Gasteiger partial charge in [-0.1, -0.05) is 24.3 Å². The summed E-state index contributed by atoms with van der Waals surface area (Å²) in [7, 11) is 3.30. The molecule has 162 valence electrons. The molecule has 7 nitrogen and oxygen atoms in total. The van der Waals surface area contributed by atoms with Crippen LogP contribution in [0.1, 0.15) is 5.56 Å². The molecule has 31 heavy (non-hydrogen) atoms. The monoisotopic (exact) mass is 420 g/mol. The van der Waals surface area contributed by atoms with E-state index in [0.717, 1.165) is 48.9 Å². The first-order valence-corrected chi connectivity index (χ1v) is 10.3. The van der Waals surface area contributed by atoms with Crippen molar-refractivity contribution in [2.24, 2.45) is 0 Å². The Hall–Kier alpha value is -3.66. The van der Waals surface area contributed by atoms with Gasteiger partial charge in [0.05, 0.1) is 19.9 Å². The van der Waals surface area contributed by atoms with Crippen LogP contribution in [-0.4, -0.2) is 57.8 Å². The van der Waals surface area contributed by atoms with Crippen molar-refractivity contribution in [2.75, 3.05) is 51.8 Å². The molecule has 1 amide bonds. The number of nitrogens with zero attached hydrogens (tertiary/aromatic N) is 3.